The molecule has 3 rings (SSSR count). The van der Waals surface area contributed by atoms with E-state index in [1.165, 1.54) is 19.2 Å². The smallest absolute Gasteiger partial charge is 0.250 e. The van der Waals surface area contributed by atoms with E-state index in [1.54, 1.807) is 42.3 Å². The van der Waals surface area contributed by atoms with Gasteiger partial charge in [0.25, 0.3) is 5.56 Å². The maximum absolute atomic E-state index is 12.2. The van der Waals surface area contributed by atoms with Crippen molar-refractivity contribution >= 4 is 26.8 Å². The maximum Gasteiger partial charge on any atom is 0.250 e. The van der Waals surface area contributed by atoms with Crippen molar-refractivity contribution in [1.29, 1.82) is 0 Å². The van der Waals surface area contributed by atoms with Crippen LogP contribution in [0.25, 0.3) is 10.9 Å². The van der Waals surface area contributed by atoms with E-state index in [0.717, 1.165) is 9.99 Å². The molecule has 25 heavy (non-hydrogen) atoms. The van der Waals surface area contributed by atoms with Crippen LogP contribution in [0, 0.1) is 0 Å². The van der Waals surface area contributed by atoms with Crippen molar-refractivity contribution in [2.24, 2.45) is 0 Å². The van der Waals surface area contributed by atoms with Gasteiger partial charge in [-0.25, -0.2) is 0 Å². The van der Waals surface area contributed by atoms with E-state index in [4.69, 9.17) is 9.47 Å². The summed E-state index contributed by atoms with van der Waals surface area (Å²) in [6.07, 6.45) is 3.47. The molecule has 0 aliphatic carbocycles. The summed E-state index contributed by atoms with van der Waals surface area (Å²) >= 11 is 3.37. The molecule has 3 aromatic rings. The van der Waals surface area contributed by atoms with Crippen LogP contribution in [0.15, 0.2) is 56.8 Å². The first kappa shape index (κ1) is 17.3. The molecule has 0 radical (unpaired) electrons. The molecule has 2 aromatic heterocycles. The van der Waals surface area contributed by atoms with E-state index in [9.17, 15) is 9.59 Å². The van der Waals surface area contributed by atoms with Crippen LogP contribution in [0.3, 0.4) is 0 Å². The molecular weight excluding hydrogens is 388 g/mol. The van der Waals surface area contributed by atoms with Gasteiger partial charge in [0.2, 0.25) is 0 Å². The number of nitrogens with zero attached hydrogens (tertiary/aromatic N) is 2. The standard InChI is InChI=1S/C18H17BrN2O4/c1-24-16-9-13-14(10-17(16)25-2)20(6-5-15(13)22)7-8-21-11-12(19)3-4-18(21)23/h3-6,9-11H,7-8H2,1-2H3. The maximum atomic E-state index is 12.2. The summed E-state index contributed by atoms with van der Waals surface area (Å²) < 4.78 is 15.0. The molecule has 0 bridgehead atoms. The summed E-state index contributed by atoms with van der Waals surface area (Å²) in [4.78, 5) is 24.1. The number of hydrogen-bond donors (Lipinski definition) is 0. The topological polar surface area (TPSA) is 62.5 Å². The first-order valence-electron chi connectivity index (χ1n) is 7.64. The van der Waals surface area contributed by atoms with Gasteiger partial charge in [0.05, 0.1) is 19.7 Å². The number of aromatic nitrogens is 2. The minimum Gasteiger partial charge on any atom is -0.493 e. The lowest BCUT2D eigenvalue weighted by molar-refractivity contribution is 0.355. The van der Waals surface area contributed by atoms with Gasteiger partial charge in [-0.2, -0.15) is 0 Å². The molecule has 0 fully saturated rings. The summed E-state index contributed by atoms with van der Waals surface area (Å²) in [6, 6.07) is 8.20. The van der Waals surface area contributed by atoms with Gasteiger partial charge in [-0.05, 0) is 28.1 Å². The van der Waals surface area contributed by atoms with Crippen LogP contribution in [0.1, 0.15) is 0 Å². The molecule has 0 unspecified atom stereocenters. The second kappa shape index (κ2) is 7.14. The molecule has 130 valence electrons. The number of ether oxygens (including phenoxy) is 2. The number of halogens is 1. The molecule has 6 nitrogen and oxygen atoms in total. The lowest BCUT2D eigenvalue weighted by Gasteiger charge is -2.14. The van der Waals surface area contributed by atoms with E-state index >= 15 is 0 Å². The van der Waals surface area contributed by atoms with Crippen molar-refractivity contribution in [3.05, 3.63) is 67.8 Å². The van der Waals surface area contributed by atoms with Gasteiger partial charge in [-0.15, -0.1) is 0 Å². The van der Waals surface area contributed by atoms with Gasteiger partial charge in [0.1, 0.15) is 0 Å². The number of hydrogen-bond acceptors (Lipinski definition) is 4. The number of fused-ring (bicyclic) bond motifs is 1. The Morgan fingerprint density at radius 3 is 2.36 bits per heavy atom. The summed E-state index contributed by atoms with van der Waals surface area (Å²) in [5.41, 5.74) is 0.563. The Bertz CT molecular complexity index is 1040. The molecule has 0 saturated carbocycles. The molecular formula is C18H17BrN2O4. The van der Waals surface area contributed by atoms with Crippen molar-refractivity contribution in [3.8, 4) is 11.5 Å². The number of methoxy groups -OCH3 is 2. The van der Waals surface area contributed by atoms with Crippen molar-refractivity contribution in [1.82, 2.24) is 9.13 Å². The number of aryl methyl sites for hydroxylation is 2. The van der Waals surface area contributed by atoms with Crippen LogP contribution in [0.2, 0.25) is 0 Å². The highest BCUT2D eigenvalue weighted by molar-refractivity contribution is 9.10. The van der Waals surface area contributed by atoms with Gasteiger partial charge < -0.3 is 18.6 Å². The van der Waals surface area contributed by atoms with Crippen LogP contribution in [-0.2, 0) is 13.1 Å². The molecule has 0 amide bonds. The molecule has 1 aromatic carbocycles. The van der Waals surface area contributed by atoms with E-state index in [-0.39, 0.29) is 11.0 Å². The SMILES string of the molecule is COc1cc2c(=O)ccn(CCn3cc(Br)ccc3=O)c2cc1OC. The van der Waals surface area contributed by atoms with Crippen molar-refractivity contribution in [2.45, 2.75) is 13.1 Å². The fourth-order valence-corrected chi connectivity index (χ4v) is 3.10. The Hall–Kier alpha value is -2.54. The third-order valence-electron chi connectivity index (χ3n) is 4.01. The van der Waals surface area contributed by atoms with Gasteiger partial charge in [-0.1, -0.05) is 0 Å². The molecule has 0 aliphatic rings. The van der Waals surface area contributed by atoms with Crippen LogP contribution >= 0.6 is 15.9 Å². The average molecular weight is 405 g/mol. The summed E-state index contributed by atoms with van der Waals surface area (Å²) in [5.74, 6) is 1.06. The summed E-state index contributed by atoms with van der Waals surface area (Å²) in [6.45, 7) is 1.01. The second-order valence-corrected chi connectivity index (χ2v) is 6.39. The monoisotopic (exact) mass is 404 g/mol. The van der Waals surface area contributed by atoms with Crippen molar-refractivity contribution < 1.29 is 9.47 Å². The van der Waals surface area contributed by atoms with Crippen molar-refractivity contribution in [2.75, 3.05) is 14.2 Å². The highest BCUT2D eigenvalue weighted by atomic mass is 79.9. The van der Waals surface area contributed by atoms with Crippen LogP contribution in [-0.4, -0.2) is 23.4 Å². The number of pyridine rings is 2. The molecule has 0 atom stereocenters. The van der Waals surface area contributed by atoms with Gasteiger partial charge in [0, 0.05) is 53.5 Å². The summed E-state index contributed by atoms with van der Waals surface area (Å²) in [5, 5.41) is 0.543. The number of rotatable bonds is 5. The van der Waals surface area contributed by atoms with Crippen LogP contribution in [0.5, 0.6) is 11.5 Å². The van der Waals surface area contributed by atoms with E-state index < -0.39 is 0 Å². The van der Waals surface area contributed by atoms with Gasteiger partial charge >= 0.3 is 0 Å². The number of benzene rings is 1. The second-order valence-electron chi connectivity index (χ2n) is 5.48. The molecule has 2 heterocycles. The Labute approximate surface area is 152 Å². The van der Waals surface area contributed by atoms with Crippen LogP contribution in [0.4, 0.5) is 0 Å². The summed E-state index contributed by atoms with van der Waals surface area (Å²) in [7, 11) is 3.08. The zero-order chi connectivity index (χ0) is 18.0. The fourth-order valence-electron chi connectivity index (χ4n) is 2.72. The minimum absolute atomic E-state index is 0.0761. The molecule has 7 heteroatoms. The first-order valence-corrected chi connectivity index (χ1v) is 8.44. The molecule has 0 N–H and O–H groups in total. The Morgan fingerprint density at radius 1 is 0.960 bits per heavy atom. The zero-order valence-corrected chi connectivity index (χ0v) is 15.4. The van der Waals surface area contributed by atoms with Gasteiger partial charge in [-0.3, -0.25) is 9.59 Å². The third-order valence-corrected chi connectivity index (χ3v) is 4.48. The van der Waals surface area contributed by atoms with Gasteiger partial charge in [0.15, 0.2) is 16.9 Å². The Morgan fingerprint density at radius 2 is 1.64 bits per heavy atom. The van der Waals surface area contributed by atoms with E-state index in [1.807, 2.05) is 4.57 Å². The fraction of sp³-hybridized carbons (Fsp3) is 0.222. The normalized spacial score (nSPS) is 10.8. The Kier molecular flexibility index (Phi) is 4.94. The predicted molar refractivity (Wildman–Crippen MR) is 99.7 cm³/mol. The lowest BCUT2D eigenvalue weighted by atomic mass is 10.2. The molecule has 0 aliphatic heterocycles. The third kappa shape index (κ3) is 3.46. The predicted octanol–water partition coefficient (Wildman–Crippen LogP) is 2.64. The minimum atomic E-state index is -0.0909. The van der Waals surface area contributed by atoms with Crippen molar-refractivity contribution in [3.63, 3.8) is 0 Å². The quantitative estimate of drug-likeness (QED) is 0.655. The Balaban J connectivity index is 2.04. The molecule has 0 spiro atoms. The highest BCUT2D eigenvalue weighted by Crippen LogP contribution is 2.30. The largest absolute Gasteiger partial charge is 0.493 e. The lowest BCUT2D eigenvalue weighted by Crippen LogP contribution is -2.21. The highest BCUT2D eigenvalue weighted by Gasteiger charge is 2.11. The molecule has 0 saturated heterocycles. The van der Waals surface area contributed by atoms with E-state index in [0.29, 0.717) is 30.0 Å². The average Bonchev–Trinajstić information content (AvgIpc) is 2.62. The first-order chi connectivity index (χ1) is 12.0. The zero-order valence-electron chi connectivity index (χ0n) is 13.9. The van der Waals surface area contributed by atoms with E-state index in [2.05, 4.69) is 15.9 Å². The van der Waals surface area contributed by atoms with Crippen LogP contribution < -0.4 is 20.5 Å².